The van der Waals surface area contributed by atoms with Crippen LogP contribution in [0.1, 0.15) is 5.56 Å². The predicted molar refractivity (Wildman–Crippen MR) is 98.9 cm³/mol. The Bertz CT molecular complexity index is 898. The summed E-state index contributed by atoms with van der Waals surface area (Å²) in [5, 5.41) is 4.19. The van der Waals surface area contributed by atoms with Crippen molar-refractivity contribution in [2.45, 2.75) is 6.42 Å². The van der Waals surface area contributed by atoms with Gasteiger partial charge in [-0.25, -0.2) is 4.98 Å². The summed E-state index contributed by atoms with van der Waals surface area (Å²) in [5.41, 5.74) is 3.20. The van der Waals surface area contributed by atoms with E-state index in [9.17, 15) is 0 Å². The van der Waals surface area contributed by atoms with Gasteiger partial charge in [0.15, 0.2) is 0 Å². The first kappa shape index (κ1) is 15.2. The monoisotopic (exact) mass is 356 g/mol. The molecular weight excluding hydrogens is 343 g/mol. The third-order valence-corrected chi connectivity index (χ3v) is 4.80. The van der Waals surface area contributed by atoms with Crippen molar-refractivity contribution in [3.63, 3.8) is 0 Å². The molecule has 4 rings (SSSR count). The van der Waals surface area contributed by atoms with Crippen LogP contribution in [0.15, 0.2) is 54.7 Å². The third-order valence-electron chi connectivity index (χ3n) is 3.99. The second-order valence-electron chi connectivity index (χ2n) is 5.50. The Morgan fingerprint density at radius 2 is 1.88 bits per heavy atom. The van der Waals surface area contributed by atoms with Crippen LogP contribution < -0.4 is 10.2 Å². The molecule has 6 heteroatoms. The minimum Gasteiger partial charge on any atom is -0.339 e. The Kier molecular flexibility index (Phi) is 4.00. The standard InChI is InChI=1S/C18H14Cl2N4/c19-13-5-3-6-14(17(13)20)22-16-8-10-21-18(23-16)24-11-9-12-4-1-2-7-15(12)24/h1-8,10H,9,11H2,(H,21,22,23). The number of para-hydroxylation sites is 1. The average molecular weight is 357 g/mol. The number of nitrogens with one attached hydrogen (secondary N) is 1. The zero-order valence-corrected chi connectivity index (χ0v) is 14.2. The van der Waals surface area contributed by atoms with Crippen molar-refractivity contribution in [2.75, 3.05) is 16.8 Å². The number of rotatable bonds is 3. The van der Waals surface area contributed by atoms with Gasteiger partial charge in [-0.05, 0) is 36.2 Å². The first-order valence-corrected chi connectivity index (χ1v) is 8.37. The predicted octanol–water partition coefficient (Wildman–Crippen LogP) is 5.22. The lowest BCUT2D eigenvalue weighted by Gasteiger charge is -2.18. The van der Waals surface area contributed by atoms with E-state index in [0.29, 0.717) is 21.8 Å². The zero-order valence-electron chi connectivity index (χ0n) is 12.7. The van der Waals surface area contributed by atoms with Gasteiger partial charge in [0.2, 0.25) is 5.95 Å². The Morgan fingerprint density at radius 3 is 2.79 bits per heavy atom. The van der Waals surface area contributed by atoms with Crippen LogP contribution in [0.4, 0.5) is 23.1 Å². The summed E-state index contributed by atoms with van der Waals surface area (Å²) in [4.78, 5) is 11.2. The number of anilines is 4. The van der Waals surface area contributed by atoms with Gasteiger partial charge >= 0.3 is 0 Å². The lowest BCUT2D eigenvalue weighted by atomic mass is 10.2. The lowest BCUT2D eigenvalue weighted by Crippen LogP contribution is -2.16. The van der Waals surface area contributed by atoms with Gasteiger partial charge in [0.1, 0.15) is 5.82 Å². The molecule has 0 amide bonds. The molecule has 4 nitrogen and oxygen atoms in total. The molecule has 0 saturated heterocycles. The number of fused-ring (bicyclic) bond motifs is 1. The number of hydrogen-bond acceptors (Lipinski definition) is 4. The van der Waals surface area contributed by atoms with Gasteiger partial charge < -0.3 is 10.2 Å². The van der Waals surface area contributed by atoms with Crippen LogP contribution in [0.5, 0.6) is 0 Å². The zero-order chi connectivity index (χ0) is 16.5. The van der Waals surface area contributed by atoms with Crippen LogP contribution in [0.25, 0.3) is 0 Å². The molecule has 0 unspecified atom stereocenters. The molecule has 0 spiro atoms. The smallest absolute Gasteiger partial charge is 0.231 e. The van der Waals surface area contributed by atoms with Crippen molar-refractivity contribution in [3.8, 4) is 0 Å². The number of halogens is 2. The number of hydrogen-bond donors (Lipinski definition) is 1. The summed E-state index contributed by atoms with van der Waals surface area (Å²) >= 11 is 12.3. The first-order chi connectivity index (χ1) is 11.7. The summed E-state index contributed by atoms with van der Waals surface area (Å²) in [7, 11) is 0. The molecule has 0 radical (unpaired) electrons. The summed E-state index contributed by atoms with van der Waals surface area (Å²) < 4.78 is 0. The maximum absolute atomic E-state index is 6.23. The van der Waals surface area contributed by atoms with E-state index in [0.717, 1.165) is 24.3 Å². The fraction of sp³-hybridized carbons (Fsp3) is 0.111. The number of benzene rings is 2. The van der Waals surface area contributed by atoms with Crippen molar-refractivity contribution in [2.24, 2.45) is 0 Å². The molecule has 0 saturated carbocycles. The highest BCUT2D eigenvalue weighted by Gasteiger charge is 2.22. The molecule has 1 aliphatic rings. The highest BCUT2D eigenvalue weighted by atomic mass is 35.5. The molecule has 120 valence electrons. The lowest BCUT2D eigenvalue weighted by molar-refractivity contribution is 0.941. The maximum atomic E-state index is 6.23. The Hall–Kier alpha value is -2.30. The van der Waals surface area contributed by atoms with Gasteiger partial charge in [-0.3, -0.25) is 0 Å². The van der Waals surface area contributed by atoms with Gasteiger partial charge in [-0.1, -0.05) is 47.5 Å². The molecular formula is C18H14Cl2N4. The molecule has 0 fully saturated rings. The maximum Gasteiger partial charge on any atom is 0.231 e. The van der Waals surface area contributed by atoms with Crippen LogP contribution in [0.2, 0.25) is 10.0 Å². The van der Waals surface area contributed by atoms with Crippen LogP contribution in [0.3, 0.4) is 0 Å². The van der Waals surface area contributed by atoms with E-state index in [4.69, 9.17) is 23.2 Å². The molecule has 2 aromatic carbocycles. The van der Waals surface area contributed by atoms with Crippen molar-refractivity contribution < 1.29 is 0 Å². The summed E-state index contributed by atoms with van der Waals surface area (Å²) in [6.45, 7) is 0.876. The molecule has 3 aromatic rings. The van der Waals surface area contributed by atoms with Gasteiger partial charge in [0.05, 0.1) is 15.7 Å². The Labute approximate surface area is 150 Å². The largest absolute Gasteiger partial charge is 0.339 e. The SMILES string of the molecule is Clc1cccc(Nc2ccnc(N3CCc4ccccc43)n2)c1Cl. The van der Waals surface area contributed by atoms with Crippen LogP contribution >= 0.6 is 23.2 Å². The van der Waals surface area contributed by atoms with Gasteiger partial charge in [-0.2, -0.15) is 4.98 Å². The normalized spacial score (nSPS) is 13.0. The molecule has 1 aromatic heterocycles. The van der Waals surface area contributed by atoms with Crippen LogP contribution in [0, 0.1) is 0 Å². The van der Waals surface area contributed by atoms with E-state index in [-0.39, 0.29) is 0 Å². The fourth-order valence-electron chi connectivity index (χ4n) is 2.83. The molecule has 0 bridgehead atoms. The quantitative estimate of drug-likeness (QED) is 0.698. The third kappa shape index (κ3) is 2.79. The van der Waals surface area contributed by atoms with Crippen molar-refractivity contribution in [3.05, 3.63) is 70.3 Å². The van der Waals surface area contributed by atoms with Crippen molar-refractivity contribution in [1.29, 1.82) is 0 Å². The first-order valence-electron chi connectivity index (χ1n) is 7.62. The van der Waals surface area contributed by atoms with E-state index in [1.165, 1.54) is 5.56 Å². The average Bonchev–Trinajstić information content (AvgIpc) is 3.03. The molecule has 0 aliphatic carbocycles. The summed E-state index contributed by atoms with van der Waals surface area (Å²) in [6.07, 6.45) is 2.74. The highest BCUT2D eigenvalue weighted by molar-refractivity contribution is 6.43. The number of aromatic nitrogens is 2. The van der Waals surface area contributed by atoms with Crippen LogP contribution in [-0.4, -0.2) is 16.5 Å². The second-order valence-corrected chi connectivity index (χ2v) is 6.28. The molecule has 24 heavy (non-hydrogen) atoms. The van der Waals surface area contributed by atoms with E-state index >= 15 is 0 Å². The van der Waals surface area contributed by atoms with Gasteiger partial charge in [0.25, 0.3) is 0 Å². The number of nitrogens with zero attached hydrogens (tertiary/aromatic N) is 3. The van der Waals surface area contributed by atoms with Crippen molar-refractivity contribution in [1.82, 2.24) is 9.97 Å². The second kappa shape index (κ2) is 6.30. The Balaban J connectivity index is 1.64. The van der Waals surface area contributed by atoms with Gasteiger partial charge in [0, 0.05) is 18.4 Å². The molecule has 2 heterocycles. The van der Waals surface area contributed by atoms with E-state index in [2.05, 4.69) is 38.4 Å². The highest BCUT2D eigenvalue weighted by Crippen LogP contribution is 2.34. The fourth-order valence-corrected chi connectivity index (χ4v) is 3.18. The topological polar surface area (TPSA) is 41.1 Å². The van der Waals surface area contributed by atoms with Gasteiger partial charge in [-0.15, -0.1) is 0 Å². The molecule has 1 N–H and O–H groups in total. The minimum absolute atomic E-state index is 0.478. The van der Waals surface area contributed by atoms with E-state index < -0.39 is 0 Å². The summed E-state index contributed by atoms with van der Waals surface area (Å²) in [6, 6.07) is 15.6. The van der Waals surface area contributed by atoms with E-state index in [1.807, 2.05) is 24.3 Å². The summed E-state index contributed by atoms with van der Waals surface area (Å²) in [5.74, 6) is 1.34. The minimum atomic E-state index is 0.478. The van der Waals surface area contributed by atoms with E-state index in [1.54, 1.807) is 12.3 Å². The Morgan fingerprint density at radius 1 is 1.00 bits per heavy atom. The molecule has 1 aliphatic heterocycles. The molecule has 0 atom stereocenters. The van der Waals surface area contributed by atoms with Crippen molar-refractivity contribution >= 4 is 46.3 Å². The van der Waals surface area contributed by atoms with Crippen LogP contribution in [-0.2, 0) is 6.42 Å².